The van der Waals surface area contributed by atoms with Gasteiger partial charge in [-0.1, -0.05) is 18.2 Å². The van der Waals surface area contributed by atoms with Crippen LogP contribution < -0.4 is 14.9 Å². The molecule has 2 aromatic rings. The molecule has 2 rings (SSSR count). The van der Waals surface area contributed by atoms with Crippen molar-refractivity contribution in [3.8, 4) is 0 Å². The Morgan fingerprint density at radius 2 is 2.06 bits per heavy atom. The second-order valence-electron chi connectivity index (χ2n) is 4.12. The highest BCUT2D eigenvalue weighted by atomic mass is 16.6. The van der Waals surface area contributed by atoms with Gasteiger partial charge in [-0.05, 0) is 37.9 Å². The molecule has 1 N–H and O–H groups in total. The fourth-order valence-corrected chi connectivity index (χ4v) is 2.06. The van der Waals surface area contributed by atoms with E-state index in [1.807, 2.05) is 13.2 Å². The van der Waals surface area contributed by atoms with Crippen molar-refractivity contribution in [1.29, 1.82) is 0 Å². The fraction of sp³-hybridized carbons (Fsp3) is 0.357. The monoisotopic (exact) mass is 231 g/mol. The first-order chi connectivity index (χ1) is 8.35. The van der Waals surface area contributed by atoms with Crippen LogP contribution in [0.1, 0.15) is 12.0 Å². The van der Waals surface area contributed by atoms with Crippen LogP contribution in [-0.4, -0.2) is 20.7 Å². The van der Waals surface area contributed by atoms with Crippen molar-refractivity contribution in [3.63, 3.8) is 0 Å². The third-order valence-corrected chi connectivity index (χ3v) is 2.94. The first-order valence-electron chi connectivity index (χ1n) is 5.97. The van der Waals surface area contributed by atoms with Gasteiger partial charge in [0.15, 0.2) is 0 Å². The maximum absolute atomic E-state index is 5.27. The number of nitrogens with one attached hydrogen (secondary N) is 1. The van der Waals surface area contributed by atoms with Crippen LogP contribution >= 0.6 is 0 Å². The summed E-state index contributed by atoms with van der Waals surface area (Å²) in [7, 11) is 3.67. The quantitative estimate of drug-likeness (QED) is 0.620. The lowest BCUT2D eigenvalue weighted by Crippen LogP contribution is -2.40. The first kappa shape index (κ1) is 11.9. The minimum Gasteiger partial charge on any atom is -0.320 e. The average molecular weight is 231 g/mol. The van der Waals surface area contributed by atoms with Crippen LogP contribution in [0, 0.1) is 0 Å². The van der Waals surface area contributed by atoms with Crippen molar-refractivity contribution >= 4 is 10.8 Å². The molecule has 0 saturated heterocycles. The van der Waals surface area contributed by atoms with Crippen LogP contribution in [0.5, 0.6) is 0 Å². The largest absolute Gasteiger partial charge is 0.320 e. The van der Waals surface area contributed by atoms with E-state index in [0.717, 1.165) is 19.4 Å². The molecule has 1 aromatic carbocycles. The highest BCUT2D eigenvalue weighted by Crippen LogP contribution is 2.17. The van der Waals surface area contributed by atoms with Gasteiger partial charge in [-0.3, -0.25) is 4.84 Å². The number of hydrogen-bond acceptors (Lipinski definition) is 2. The number of aryl methyl sites for hydroxylation is 1. The molecule has 17 heavy (non-hydrogen) atoms. The van der Waals surface area contributed by atoms with Gasteiger partial charge >= 0.3 is 0 Å². The zero-order chi connectivity index (χ0) is 12.1. The lowest BCUT2D eigenvalue weighted by molar-refractivity contribution is -0.884. The van der Waals surface area contributed by atoms with Gasteiger partial charge in [0.2, 0.25) is 12.4 Å². The van der Waals surface area contributed by atoms with Crippen molar-refractivity contribution in [2.24, 2.45) is 0 Å². The van der Waals surface area contributed by atoms with E-state index in [2.05, 4.69) is 35.8 Å². The van der Waals surface area contributed by atoms with Crippen LogP contribution in [0.2, 0.25) is 0 Å². The van der Waals surface area contributed by atoms with E-state index in [9.17, 15) is 0 Å². The van der Waals surface area contributed by atoms with E-state index in [1.54, 1.807) is 11.8 Å². The van der Waals surface area contributed by atoms with Gasteiger partial charge in [0.25, 0.3) is 0 Å². The molecule has 0 spiro atoms. The Morgan fingerprint density at radius 1 is 1.24 bits per heavy atom. The predicted octanol–water partition coefficient (Wildman–Crippen LogP) is 1.34. The fourth-order valence-electron chi connectivity index (χ4n) is 2.06. The number of rotatable bonds is 5. The molecular weight excluding hydrogens is 212 g/mol. The summed E-state index contributed by atoms with van der Waals surface area (Å²) in [5.41, 5.74) is 1.33. The molecule has 0 atom stereocenters. The number of fused-ring (bicyclic) bond motifs is 1. The highest BCUT2D eigenvalue weighted by molar-refractivity contribution is 5.83. The van der Waals surface area contributed by atoms with Gasteiger partial charge in [-0.15, -0.1) is 0 Å². The second-order valence-corrected chi connectivity index (χ2v) is 4.12. The molecule has 90 valence electrons. The number of pyridine rings is 1. The van der Waals surface area contributed by atoms with Gasteiger partial charge < -0.3 is 5.32 Å². The Hall–Kier alpha value is -1.61. The summed E-state index contributed by atoms with van der Waals surface area (Å²) in [5.74, 6) is 0. The number of hydrogen-bond donors (Lipinski definition) is 1. The van der Waals surface area contributed by atoms with Crippen molar-refractivity contribution < 1.29 is 9.57 Å². The zero-order valence-corrected chi connectivity index (χ0v) is 10.4. The molecule has 0 fully saturated rings. The van der Waals surface area contributed by atoms with Crippen LogP contribution in [0.15, 0.2) is 36.7 Å². The number of nitrogens with zero attached hydrogens (tertiary/aromatic N) is 1. The minimum atomic E-state index is 1.04. The molecule has 0 aliphatic carbocycles. The zero-order valence-electron chi connectivity index (χ0n) is 10.4. The molecule has 3 heteroatoms. The van der Waals surface area contributed by atoms with Gasteiger partial charge in [-0.2, -0.15) is 0 Å². The van der Waals surface area contributed by atoms with Crippen molar-refractivity contribution in [1.82, 2.24) is 5.32 Å². The van der Waals surface area contributed by atoms with Crippen molar-refractivity contribution in [2.45, 2.75) is 12.8 Å². The Labute approximate surface area is 102 Å². The van der Waals surface area contributed by atoms with Gasteiger partial charge in [0, 0.05) is 10.3 Å². The van der Waals surface area contributed by atoms with Gasteiger partial charge in [0.1, 0.15) is 7.11 Å². The Morgan fingerprint density at radius 3 is 2.82 bits per heavy atom. The topological polar surface area (TPSA) is 25.1 Å². The summed E-state index contributed by atoms with van der Waals surface area (Å²) in [6.45, 7) is 1.04. The van der Waals surface area contributed by atoms with Crippen LogP contribution in [0.25, 0.3) is 10.8 Å². The van der Waals surface area contributed by atoms with Crippen LogP contribution in [-0.2, 0) is 6.42 Å². The van der Waals surface area contributed by atoms with Crippen molar-refractivity contribution in [3.05, 3.63) is 42.2 Å². The number of aromatic nitrogens is 1. The van der Waals surface area contributed by atoms with E-state index < -0.39 is 0 Å². The Bertz CT molecular complexity index is 497. The third-order valence-electron chi connectivity index (χ3n) is 2.94. The lowest BCUT2D eigenvalue weighted by atomic mass is 10.0. The lowest BCUT2D eigenvalue weighted by Gasteiger charge is -2.04. The highest BCUT2D eigenvalue weighted by Gasteiger charge is 2.09. The molecule has 0 aliphatic rings. The van der Waals surface area contributed by atoms with Crippen LogP contribution in [0.4, 0.5) is 0 Å². The molecule has 0 unspecified atom stereocenters. The summed E-state index contributed by atoms with van der Waals surface area (Å²) in [4.78, 5) is 5.27. The SMILES string of the molecule is CNCCCc1c[n+](OC)cc2ccccc12. The molecule has 0 aliphatic heterocycles. The Balaban J connectivity index is 2.36. The Kier molecular flexibility index (Phi) is 3.94. The molecule has 0 radical (unpaired) electrons. The van der Waals surface area contributed by atoms with Gasteiger partial charge in [-0.25, -0.2) is 0 Å². The molecular formula is C14H19N2O+. The summed E-state index contributed by atoms with van der Waals surface area (Å²) < 4.78 is 1.77. The summed E-state index contributed by atoms with van der Waals surface area (Å²) in [6, 6.07) is 8.43. The van der Waals surface area contributed by atoms with Gasteiger partial charge in [0.05, 0.1) is 5.39 Å². The standard InChI is InChI=1S/C14H19N2O/c1-15-9-5-7-13-11-16(17-2)10-12-6-3-4-8-14(12)13/h3-4,6,8,10-11,15H,5,7,9H2,1-2H3/q+1. The second kappa shape index (κ2) is 5.64. The third kappa shape index (κ3) is 2.74. The molecule has 0 amide bonds. The van der Waals surface area contributed by atoms with E-state index >= 15 is 0 Å². The molecule has 1 aromatic heterocycles. The summed E-state index contributed by atoms with van der Waals surface area (Å²) in [5, 5.41) is 5.71. The average Bonchev–Trinajstić information content (AvgIpc) is 2.38. The van der Waals surface area contributed by atoms with E-state index in [4.69, 9.17) is 4.84 Å². The molecule has 0 bridgehead atoms. The maximum Gasteiger partial charge on any atom is 0.230 e. The van der Waals surface area contributed by atoms with E-state index in [-0.39, 0.29) is 0 Å². The normalized spacial score (nSPS) is 10.7. The smallest absolute Gasteiger partial charge is 0.230 e. The predicted molar refractivity (Wildman–Crippen MR) is 68.9 cm³/mol. The first-order valence-corrected chi connectivity index (χ1v) is 5.97. The van der Waals surface area contributed by atoms with E-state index in [1.165, 1.54) is 16.3 Å². The molecule has 0 saturated carbocycles. The summed E-state index contributed by atoms with van der Waals surface area (Å²) in [6.07, 6.45) is 6.27. The minimum absolute atomic E-state index is 1.04. The van der Waals surface area contributed by atoms with E-state index in [0.29, 0.717) is 0 Å². The molecule has 1 heterocycles. The van der Waals surface area contributed by atoms with Crippen molar-refractivity contribution in [2.75, 3.05) is 20.7 Å². The summed E-state index contributed by atoms with van der Waals surface area (Å²) >= 11 is 0. The molecule has 3 nitrogen and oxygen atoms in total. The number of benzene rings is 1. The maximum atomic E-state index is 5.27. The van der Waals surface area contributed by atoms with Crippen LogP contribution in [0.3, 0.4) is 0 Å².